The van der Waals surface area contributed by atoms with E-state index in [4.69, 9.17) is 0 Å². The molecule has 1 aliphatic heterocycles. The lowest BCUT2D eigenvalue weighted by molar-refractivity contribution is -0.380. The van der Waals surface area contributed by atoms with Crippen molar-refractivity contribution in [3.05, 3.63) is 27.1 Å². The van der Waals surface area contributed by atoms with Crippen molar-refractivity contribution >= 4 is 22.3 Å². The number of hydrogen-bond acceptors (Lipinski definition) is 5. The van der Waals surface area contributed by atoms with Gasteiger partial charge in [-0.25, -0.2) is 0 Å². The Morgan fingerprint density at radius 2 is 2.29 bits per heavy atom. The van der Waals surface area contributed by atoms with Gasteiger partial charge in [0.2, 0.25) is 0 Å². The van der Waals surface area contributed by atoms with Gasteiger partial charge >= 0.3 is 11.0 Å². The van der Waals surface area contributed by atoms with Crippen LogP contribution < -0.4 is 0 Å². The van der Waals surface area contributed by atoms with Gasteiger partial charge in [0.05, 0.1) is 10.3 Å². The summed E-state index contributed by atoms with van der Waals surface area (Å²) in [6.45, 7) is 5.85. The number of carbonyl (C=O) groups is 1. The fourth-order valence-electron chi connectivity index (χ4n) is 2.73. The molecule has 1 N–H and O–H groups in total. The van der Waals surface area contributed by atoms with Crippen molar-refractivity contribution in [2.24, 2.45) is 11.3 Å². The summed E-state index contributed by atoms with van der Waals surface area (Å²) in [6, 6.07) is 3.32. The first-order valence-corrected chi connectivity index (χ1v) is 7.81. The second kappa shape index (κ2) is 6.11. The number of piperidine rings is 1. The predicted molar refractivity (Wildman–Crippen MR) is 80.4 cm³/mol. The Hall–Kier alpha value is -1.47. The number of nitro groups is 1. The van der Waals surface area contributed by atoms with Crippen LogP contribution in [0.2, 0.25) is 0 Å². The van der Waals surface area contributed by atoms with Crippen molar-refractivity contribution < 1.29 is 14.8 Å². The Morgan fingerprint density at radius 1 is 1.57 bits per heavy atom. The molecule has 1 unspecified atom stereocenters. The fourth-order valence-corrected chi connectivity index (χ4v) is 3.60. The fraction of sp³-hybridized carbons (Fsp3) is 0.643. The first kappa shape index (κ1) is 15.9. The van der Waals surface area contributed by atoms with E-state index in [9.17, 15) is 20.0 Å². The zero-order valence-corrected chi connectivity index (χ0v) is 13.1. The molecule has 0 spiro atoms. The van der Waals surface area contributed by atoms with Crippen molar-refractivity contribution in [1.29, 1.82) is 0 Å². The highest BCUT2D eigenvalue weighted by Gasteiger charge is 2.39. The van der Waals surface area contributed by atoms with E-state index < -0.39 is 11.4 Å². The van der Waals surface area contributed by atoms with E-state index in [2.05, 4.69) is 4.90 Å². The van der Waals surface area contributed by atoms with Gasteiger partial charge in [0, 0.05) is 24.0 Å². The molecule has 0 aliphatic carbocycles. The number of rotatable bonds is 5. The minimum Gasteiger partial charge on any atom is -0.481 e. The molecule has 7 heteroatoms. The normalized spacial score (nSPS) is 20.4. The van der Waals surface area contributed by atoms with Gasteiger partial charge in [-0.1, -0.05) is 11.3 Å². The third kappa shape index (κ3) is 3.59. The van der Waals surface area contributed by atoms with Gasteiger partial charge in [0.25, 0.3) is 0 Å². The van der Waals surface area contributed by atoms with Crippen LogP contribution in [-0.2, 0) is 11.3 Å². The molecule has 1 aliphatic rings. The Morgan fingerprint density at radius 3 is 2.86 bits per heavy atom. The minimum atomic E-state index is -0.763. The van der Waals surface area contributed by atoms with Crippen LogP contribution in [0, 0.1) is 21.4 Å². The van der Waals surface area contributed by atoms with E-state index in [-0.39, 0.29) is 15.8 Å². The SMILES string of the molecule is CC(C)(C(=O)O)C1CCCN(Cc2ccc([N+](=O)[O-])s2)C1. The lowest BCUT2D eigenvalue weighted by Gasteiger charge is -2.39. The van der Waals surface area contributed by atoms with Crippen molar-refractivity contribution in [2.75, 3.05) is 13.1 Å². The van der Waals surface area contributed by atoms with Gasteiger partial charge in [-0.05, 0) is 45.2 Å². The molecule has 1 fully saturated rings. The molecule has 0 saturated carbocycles. The predicted octanol–water partition coefficient (Wildman–Crippen LogP) is 2.98. The summed E-state index contributed by atoms with van der Waals surface area (Å²) in [5.41, 5.74) is -0.736. The Labute approximate surface area is 127 Å². The van der Waals surface area contributed by atoms with Crippen LogP contribution in [0.25, 0.3) is 0 Å². The average Bonchev–Trinajstić information content (AvgIpc) is 2.87. The van der Waals surface area contributed by atoms with E-state index in [1.54, 1.807) is 19.9 Å². The summed E-state index contributed by atoms with van der Waals surface area (Å²) in [5.74, 6) is -0.653. The zero-order chi connectivity index (χ0) is 15.6. The topological polar surface area (TPSA) is 83.7 Å². The van der Waals surface area contributed by atoms with Crippen LogP contribution >= 0.6 is 11.3 Å². The zero-order valence-electron chi connectivity index (χ0n) is 12.2. The molecular formula is C14H20N2O4S. The number of nitrogens with zero attached hydrogens (tertiary/aromatic N) is 2. The summed E-state index contributed by atoms with van der Waals surface area (Å²) >= 11 is 1.19. The molecule has 1 aromatic rings. The highest BCUT2D eigenvalue weighted by atomic mass is 32.1. The highest BCUT2D eigenvalue weighted by molar-refractivity contribution is 7.15. The molecule has 21 heavy (non-hydrogen) atoms. The number of thiophene rings is 1. The second-order valence-electron chi connectivity index (χ2n) is 6.10. The molecule has 0 bridgehead atoms. The summed E-state index contributed by atoms with van der Waals surface area (Å²) < 4.78 is 0. The molecule has 1 atom stereocenters. The van der Waals surface area contributed by atoms with E-state index >= 15 is 0 Å². The van der Waals surface area contributed by atoms with Crippen LogP contribution in [0.5, 0.6) is 0 Å². The maximum atomic E-state index is 11.4. The number of likely N-dealkylation sites (tertiary alicyclic amines) is 1. The molecule has 116 valence electrons. The molecule has 6 nitrogen and oxygen atoms in total. The third-order valence-corrected chi connectivity index (χ3v) is 5.31. The molecule has 2 rings (SSSR count). The molecular weight excluding hydrogens is 292 g/mol. The van der Waals surface area contributed by atoms with E-state index in [1.807, 2.05) is 0 Å². The molecule has 1 aromatic heterocycles. The summed E-state index contributed by atoms with van der Waals surface area (Å²) in [6.07, 6.45) is 1.88. The van der Waals surface area contributed by atoms with Crippen molar-refractivity contribution in [2.45, 2.75) is 33.2 Å². The van der Waals surface area contributed by atoms with E-state index in [0.717, 1.165) is 30.8 Å². The van der Waals surface area contributed by atoms with Crippen LogP contribution in [-0.4, -0.2) is 34.0 Å². The van der Waals surface area contributed by atoms with Gasteiger partial charge in [0.15, 0.2) is 0 Å². The maximum Gasteiger partial charge on any atom is 0.324 e. The standard InChI is InChI=1S/C14H20N2O4S/c1-14(2,13(17)18)10-4-3-7-15(8-10)9-11-5-6-12(21-11)16(19)20/h5-6,10H,3-4,7-9H2,1-2H3,(H,17,18). The van der Waals surface area contributed by atoms with E-state index in [1.165, 1.54) is 17.4 Å². The van der Waals surface area contributed by atoms with E-state index in [0.29, 0.717) is 6.54 Å². The van der Waals surface area contributed by atoms with Crippen LogP contribution in [0.4, 0.5) is 5.00 Å². The smallest absolute Gasteiger partial charge is 0.324 e. The molecule has 0 aromatic carbocycles. The van der Waals surface area contributed by atoms with Gasteiger partial charge < -0.3 is 5.11 Å². The number of carboxylic acids is 1. The Kier molecular flexibility index (Phi) is 4.63. The number of hydrogen-bond donors (Lipinski definition) is 1. The van der Waals surface area contributed by atoms with Gasteiger partial charge in [-0.2, -0.15) is 0 Å². The quantitative estimate of drug-likeness (QED) is 0.667. The van der Waals surface area contributed by atoms with Gasteiger partial charge in [-0.3, -0.25) is 19.8 Å². The highest BCUT2D eigenvalue weighted by Crippen LogP contribution is 2.35. The second-order valence-corrected chi connectivity index (χ2v) is 7.24. The van der Waals surface area contributed by atoms with Crippen LogP contribution in [0.1, 0.15) is 31.6 Å². The van der Waals surface area contributed by atoms with Crippen LogP contribution in [0.15, 0.2) is 12.1 Å². The molecule has 1 saturated heterocycles. The average molecular weight is 312 g/mol. The maximum absolute atomic E-state index is 11.4. The number of carboxylic acid groups (broad SMARTS) is 1. The Balaban J connectivity index is 2.01. The van der Waals surface area contributed by atoms with Crippen molar-refractivity contribution in [3.8, 4) is 0 Å². The first-order chi connectivity index (χ1) is 9.80. The van der Waals surface area contributed by atoms with Crippen molar-refractivity contribution in [3.63, 3.8) is 0 Å². The lowest BCUT2D eigenvalue weighted by atomic mass is 9.74. The summed E-state index contributed by atoms with van der Waals surface area (Å²) in [4.78, 5) is 24.9. The number of aliphatic carboxylic acids is 1. The Bertz CT molecular complexity index is 541. The summed E-state index contributed by atoms with van der Waals surface area (Å²) in [5, 5.41) is 20.2. The third-order valence-electron chi connectivity index (χ3n) is 4.28. The molecule has 0 radical (unpaired) electrons. The minimum absolute atomic E-state index is 0.110. The first-order valence-electron chi connectivity index (χ1n) is 6.99. The molecule has 2 heterocycles. The lowest BCUT2D eigenvalue weighted by Crippen LogP contribution is -2.44. The van der Waals surface area contributed by atoms with Gasteiger partial charge in [-0.15, -0.1) is 0 Å². The van der Waals surface area contributed by atoms with Crippen LogP contribution in [0.3, 0.4) is 0 Å². The monoisotopic (exact) mass is 312 g/mol. The largest absolute Gasteiger partial charge is 0.481 e. The summed E-state index contributed by atoms with van der Waals surface area (Å²) in [7, 11) is 0. The molecule has 0 amide bonds. The van der Waals surface area contributed by atoms with Gasteiger partial charge in [0.1, 0.15) is 0 Å². The van der Waals surface area contributed by atoms with Crippen molar-refractivity contribution in [1.82, 2.24) is 4.90 Å².